The second-order valence-corrected chi connectivity index (χ2v) is 5.52. The van der Waals surface area contributed by atoms with Gasteiger partial charge in [-0.15, -0.1) is 0 Å². The Balaban J connectivity index is 2.29. The van der Waals surface area contributed by atoms with Crippen molar-refractivity contribution in [2.75, 3.05) is 0 Å². The number of fused-ring (bicyclic) bond motifs is 2. The van der Waals surface area contributed by atoms with E-state index in [2.05, 4.69) is 0 Å². The molecular formula is C18H16O6. The van der Waals surface area contributed by atoms with Crippen molar-refractivity contribution in [1.29, 1.82) is 0 Å². The smallest absolute Gasteiger partial charge is 0.308 e. The van der Waals surface area contributed by atoms with E-state index < -0.39 is 18.0 Å². The average molecular weight is 328 g/mol. The topological polar surface area (TPSA) is 93.1 Å². The third kappa shape index (κ3) is 2.56. The highest BCUT2D eigenvalue weighted by Gasteiger charge is 2.29. The highest BCUT2D eigenvalue weighted by molar-refractivity contribution is 6.01. The number of esters is 2. The molecule has 0 fully saturated rings. The lowest BCUT2D eigenvalue weighted by molar-refractivity contribution is -0.144. The van der Waals surface area contributed by atoms with Crippen LogP contribution in [-0.2, 0) is 20.7 Å². The third-order valence-electron chi connectivity index (χ3n) is 3.85. The van der Waals surface area contributed by atoms with Gasteiger partial charge in [-0.3, -0.25) is 9.59 Å². The standard InChI is InChI=1S/C18H16O6/c1-9(19)23-13-7-3-5-11-15(13)17(21)12-6-4-8-14(24-10(2)20)16(12)18(11)22/h3-5,7-8,14,21-22H,6H2,1-2H3. The molecule has 3 rings (SSSR count). The van der Waals surface area contributed by atoms with E-state index in [1.165, 1.54) is 19.9 Å². The largest absolute Gasteiger partial charge is 0.507 e. The zero-order chi connectivity index (χ0) is 17.4. The molecule has 0 spiro atoms. The molecule has 0 saturated heterocycles. The summed E-state index contributed by atoms with van der Waals surface area (Å²) in [4.78, 5) is 22.6. The van der Waals surface area contributed by atoms with E-state index in [0.717, 1.165) is 0 Å². The third-order valence-corrected chi connectivity index (χ3v) is 3.85. The van der Waals surface area contributed by atoms with Gasteiger partial charge < -0.3 is 19.7 Å². The second kappa shape index (κ2) is 5.88. The fourth-order valence-electron chi connectivity index (χ4n) is 2.97. The number of carbonyl (C=O) groups is 2. The Morgan fingerprint density at radius 3 is 2.54 bits per heavy atom. The number of aromatic hydroxyl groups is 2. The molecule has 0 heterocycles. The van der Waals surface area contributed by atoms with Crippen LogP contribution in [-0.4, -0.2) is 22.2 Å². The molecule has 124 valence electrons. The zero-order valence-corrected chi connectivity index (χ0v) is 13.2. The van der Waals surface area contributed by atoms with Gasteiger partial charge in [0.1, 0.15) is 23.4 Å². The van der Waals surface area contributed by atoms with Crippen molar-refractivity contribution < 1.29 is 29.3 Å². The van der Waals surface area contributed by atoms with Gasteiger partial charge in [-0.1, -0.05) is 18.2 Å². The number of allylic oxidation sites excluding steroid dienone is 1. The highest BCUT2D eigenvalue weighted by atomic mass is 16.5. The molecule has 6 nitrogen and oxygen atoms in total. The molecule has 1 atom stereocenters. The Kier molecular flexibility index (Phi) is 3.89. The van der Waals surface area contributed by atoms with Crippen molar-refractivity contribution in [3.05, 3.63) is 41.5 Å². The first-order valence-corrected chi connectivity index (χ1v) is 7.41. The quantitative estimate of drug-likeness (QED) is 0.381. The Morgan fingerprint density at radius 1 is 1.12 bits per heavy atom. The van der Waals surface area contributed by atoms with E-state index in [0.29, 0.717) is 22.9 Å². The maximum absolute atomic E-state index is 11.3. The fourth-order valence-corrected chi connectivity index (χ4v) is 2.97. The fraction of sp³-hybridized carbons (Fsp3) is 0.222. The van der Waals surface area contributed by atoms with Crippen LogP contribution in [0.3, 0.4) is 0 Å². The Labute approximate surface area is 137 Å². The summed E-state index contributed by atoms with van der Waals surface area (Å²) in [5, 5.41) is 21.9. The number of ether oxygens (including phenoxy) is 2. The van der Waals surface area contributed by atoms with Crippen LogP contribution in [0.2, 0.25) is 0 Å². The van der Waals surface area contributed by atoms with E-state index in [4.69, 9.17) is 9.47 Å². The molecule has 1 unspecified atom stereocenters. The number of hydrogen-bond donors (Lipinski definition) is 2. The van der Waals surface area contributed by atoms with Gasteiger partial charge in [-0.2, -0.15) is 0 Å². The summed E-state index contributed by atoms with van der Waals surface area (Å²) in [6.07, 6.45) is 2.98. The van der Waals surface area contributed by atoms with E-state index in [1.54, 1.807) is 24.3 Å². The predicted octanol–water partition coefficient (Wildman–Crippen LogP) is 2.89. The summed E-state index contributed by atoms with van der Waals surface area (Å²) < 4.78 is 10.3. The van der Waals surface area contributed by atoms with Gasteiger partial charge in [0, 0.05) is 30.4 Å². The summed E-state index contributed by atoms with van der Waals surface area (Å²) in [5.41, 5.74) is 0.783. The number of benzene rings is 2. The number of phenols is 2. The molecule has 24 heavy (non-hydrogen) atoms. The van der Waals surface area contributed by atoms with E-state index >= 15 is 0 Å². The van der Waals surface area contributed by atoms with Crippen molar-refractivity contribution in [2.45, 2.75) is 26.4 Å². The Morgan fingerprint density at radius 2 is 1.88 bits per heavy atom. The summed E-state index contributed by atoms with van der Waals surface area (Å²) in [6.45, 7) is 2.53. The maximum atomic E-state index is 11.3. The molecule has 0 aromatic heterocycles. The minimum absolute atomic E-state index is 0.101. The summed E-state index contributed by atoms with van der Waals surface area (Å²) in [7, 11) is 0. The van der Waals surface area contributed by atoms with Gasteiger partial charge >= 0.3 is 11.9 Å². The van der Waals surface area contributed by atoms with Crippen molar-refractivity contribution in [3.63, 3.8) is 0 Å². The first-order chi connectivity index (χ1) is 11.4. The van der Waals surface area contributed by atoms with Crippen molar-refractivity contribution in [3.8, 4) is 17.2 Å². The van der Waals surface area contributed by atoms with Gasteiger partial charge in [0.25, 0.3) is 0 Å². The van der Waals surface area contributed by atoms with E-state index in [1.807, 2.05) is 0 Å². The monoisotopic (exact) mass is 328 g/mol. The van der Waals surface area contributed by atoms with Gasteiger partial charge in [-0.05, 0) is 18.6 Å². The summed E-state index contributed by atoms with van der Waals surface area (Å²) >= 11 is 0. The van der Waals surface area contributed by atoms with Gasteiger partial charge in [0.2, 0.25) is 0 Å². The Hall–Kier alpha value is -3.02. The molecule has 0 radical (unpaired) electrons. The van der Waals surface area contributed by atoms with Crippen LogP contribution >= 0.6 is 0 Å². The van der Waals surface area contributed by atoms with Crippen LogP contribution in [0.1, 0.15) is 31.1 Å². The SMILES string of the molecule is CC(=O)Oc1cccc2c(O)c3c(c(O)c12)CC=CC3OC(C)=O. The van der Waals surface area contributed by atoms with Crippen LogP contribution in [0.25, 0.3) is 10.8 Å². The first kappa shape index (κ1) is 15.9. The summed E-state index contributed by atoms with van der Waals surface area (Å²) in [5.74, 6) is -1.07. The van der Waals surface area contributed by atoms with Crippen LogP contribution < -0.4 is 4.74 Å². The van der Waals surface area contributed by atoms with E-state index in [-0.39, 0.29) is 22.6 Å². The van der Waals surface area contributed by atoms with Crippen molar-refractivity contribution in [2.24, 2.45) is 0 Å². The molecular weight excluding hydrogens is 312 g/mol. The molecule has 0 aliphatic heterocycles. The molecule has 2 aromatic rings. The second-order valence-electron chi connectivity index (χ2n) is 5.52. The molecule has 6 heteroatoms. The van der Waals surface area contributed by atoms with Crippen LogP contribution in [0.15, 0.2) is 30.4 Å². The summed E-state index contributed by atoms with van der Waals surface area (Å²) in [6, 6.07) is 4.74. The molecule has 2 aromatic carbocycles. The van der Waals surface area contributed by atoms with Crippen LogP contribution in [0.5, 0.6) is 17.2 Å². The molecule has 1 aliphatic carbocycles. The highest BCUT2D eigenvalue weighted by Crippen LogP contribution is 2.48. The lowest BCUT2D eigenvalue weighted by Crippen LogP contribution is -2.12. The van der Waals surface area contributed by atoms with Crippen LogP contribution in [0, 0.1) is 0 Å². The molecule has 0 saturated carbocycles. The molecule has 1 aliphatic rings. The lowest BCUT2D eigenvalue weighted by atomic mass is 9.89. The molecule has 0 bridgehead atoms. The predicted molar refractivity (Wildman–Crippen MR) is 85.9 cm³/mol. The van der Waals surface area contributed by atoms with Gasteiger partial charge in [-0.25, -0.2) is 0 Å². The maximum Gasteiger partial charge on any atom is 0.308 e. The number of hydrogen-bond acceptors (Lipinski definition) is 6. The van der Waals surface area contributed by atoms with Gasteiger partial charge in [0.15, 0.2) is 0 Å². The minimum atomic E-state index is -0.779. The number of phenolic OH excluding ortho intramolecular Hbond substituents is 2. The number of rotatable bonds is 2. The molecule has 2 N–H and O–H groups in total. The van der Waals surface area contributed by atoms with Crippen LogP contribution in [0.4, 0.5) is 0 Å². The lowest BCUT2D eigenvalue weighted by Gasteiger charge is -2.24. The zero-order valence-electron chi connectivity index (χ0n) is 13.2. The first-order valence-electron chi connectivity index (χ1n) is 7.41. The Bertz CT molecular complexity index is 881. The number of carbonyl (C=O) groups excluding carboxylic acids is 2. The molecule has 0 amide bonds. The minimum Gasteiger partial charge on any atom is -0.507 e. The normalized spacial score (nSPS) is 15.8. The van der Waals surface area contributed by atoms with Crippen molar-refractivity contribution >= 4 is 22.7 Å². The average Bonchev–Trinajstić information content (AvgIpc) is 2.51. The van der Waals surface area contributed by atoms with Gasteiger partial charge in [0.05, 0.1) is 5.39 Å². The van der Waals surface area contributed by atoms with E-state index in [9.17, 15) is 19.8 Å². The van der Waals surface area contributed by atoms with Crippen molar-refractivity contribution in [1.82, 2.24) is 0 Å².